The Morgan fingerprint density at radius 3 is 2.88 bits per heavy atom. The molecule has 8 nitrogen and oxygen atoms in total. The maximum atomic E-state index is 12.0. The standard InChI is InChI=1S/C26H38N4O4/c1-3-4-13-30-15-23(27-29-30)26(33)12-10-22-21-7-5-17-14-18(28-34-16-24(31)32)6-8-19(17)20(21)9-11-25(22,26)2/h14-15,19-22,33H,3-13,16H2,1-2H3,(H,31,32)/b28-18-/t19-,20?,21?,22?,25-,26+/m0/s1. The van der Waals surface area contributed by atoms with Crippen LogP contribution in [0.3, 0.4) is 0 Å². The molecule has 3 saturated carbocycles. The Labute approximate surface area is 201 Å². The van der Waals surface area contributed by atoms with E-state index in [0.717, 1.165) is 82.2 Å². The molecule has 0 bridgehead atoms. The number of aromatic nitrogens is 3. The highest BCUT2D eigenvalue weighted by atomic mass is 16.6. The number of oxime groups is 1. The van der Waals surface area contributed by atoms with Crippen LogP contribution >= 0.6 is 0 Å². The summed E-state index contributed by atoms with van der Waals surface area (Å²) in [5, 5.41) is 33.7. The summed E-state index contributed by atoms with van der Waals surface area (Å²) in [6.45, 7) is 4.94. The van der Waals surface area contributed by atoms with Gasteiger partial charge in [0.1, 0.15) is 11.3 Å². The Bertz CT molecular complexity index is 987. The normalized spacial score (nSPS) is 38.1. The lowest BCUT2D eigenvalue weighted by molar-refractivity contribution is -0.142. The predicted molar refractivity (Wildman–Crippen MR) is 127 cm³/mol. The molecule has 1 heterocycles. The summed E-state index contributed by atoms with van der Waals surface area (Å²) in [6, 6.07) is 0. The molecular weight excluding hydrogens is 432 g/mol. The summed E-state index contributed by atoms with van der Waals surface area (Å²) < 4.78 is 1.90. The summed E-state index contributed by atoms with van der Waals surface area (Å²) in [7, 11) is 0. The molecule has 5 rings (SSSR count). The zero-order chi connectivity index (χ0) is 23.9. The lowest BCUT2D eigenvalue weighted by Crippen LogP contribution is -2.51. The van der Waals surface area contributed by atoms with Crippen molar-refractivity contribution >= 4 is 11.7 Å². The summed E-state index contributed by atoms with van der Waals surface area (Å²) >= 11 is 0. The monoisotopic (exact) mass is 470 g/mol. The Balaban J connectivity index is 1.32. The van der Waals surface area contributed by atoms with E-state index in [9.17, 15) is 9.90 Å². The number of fused-ring (bicyclic) bond motifs is 5. The molecule has 3 fully saturated rings. The first kappa shape index (κ1) is 23.5. The Morgan fingerprint density at radius 2 is 2.09 bits per heavy atom. The molecule has 2 N–H and O–H groups in total. The quantitative estimate of drug-likeness (QED) is 0.575. The number of carbonyl (C=O) groups is 1. The first-order valence-electron chi connectivity index (χ1n) is 13.1. The fourth-order valence-electron chi connectivity index (χ4n) is 7.79. The number of nitrogens with zero attached hydrogens (tertiary/aromatic N) is 4. The van der Waals surface area contributed by atoms with Crippen molar-refractivity contribution in [1.82, 2.24) is 15.0 Å². The molecule has 4 aliphatic carbocycles. The highest BCUT2D eigenvalue weighted by molar-refractivity contribution is 5.96. The molecule has 0 radical (unpaired) electrons. The fraction of sp³-hybridized carbons (Fsp3) is 0.769. The van der Waals surface area contributed by atoms with E-state index in [2.05, 4.69) is 35.4 Å². The number of aliphatic hydroxyl groups is 1. The second kappa shape index (κ2) is 9.10. The summed E-state index contributed by atoms with van der Waals surface area (Å²) in [4.78, 5) is 15.7. The molecule has 0 aromatic carbocycles. The van der Waals surface area contributed by atoms with Gasteiger partial charge in [0.2, 0.25) is 6.61 Å². The predicted octanol–water partition coefficient (Wildman–Crippen LogP) is 4.30. The van der Waals surface area contributed by atoms with E-state index >= 15 is 0 Å². The van der Waals surface area contributed by atoms with Crippen LogP contribution in [0.2, 0.25) is 0 Å². The molecule has 0 saturated heterocycles. The van der Waals surface area contributed by atoms with Gasteiger partial charge in [-0.3, -0.25) is 4.68 Å². The molecule has 3 unspecified atom stereocenters. The molecule has 186 valence electrons. The third-order valence-electron chi connectivity index (χ3n) is 9.54. The summed E-state index contributed by atoms with van der Waals surface area (Å²) in [6.07, 6.45) is 14.4. The number of hydrogen-bond acceptors (Lipinski definition) is 6. The molecule has 1 aromatic heterocycles. The number of carboxylic acids is 1. The van der Waals surface area contributed by atoms with E-state index in [-0.39, 0.29) is 5.41 Å². The molecule has 1 aromatic rings. The van der Waals surface area contributed by atoms with Gasteiger partial charge in [-0.2, -0.15) is 0 Å². The minimum absolute atomic E-state index is 0.160. The number of aryl methyl sites for hydroxylation is 1. The Morgan fingerprint density at radius 1 is 1.24 bits per heavy atom. The largest absolute Gasteiger partial charge is 0.479 e. The average Bonchev–Trinajstić information content (AvgIpc) is 3.40. The Hall–Kier alpha value is -2.22. The fourth-order valence-corrected chi connectivity index (χ4v) is 7.79. The van der Waals surface area contributed by atoms with Crippen LogP contribution in [0.4, 0.5) is 0 Å². The highest BCUT2D eigenvalue weighted by Gasteiger charge is 2.63. The summed E-state index contributed by atoms with van der Waals surface area (Å²) in [5.74, 6) is 1.36. The van der Waals surface area contributed by atoms with Crippen molar-refractivity contribution in [2.75, 3.05) is 6.61 Å². The van der Waals surface area contributed by atoms with Crippen LogP contribution in [0.5, 0.6) is 0 Å². The van der Waals surface area contributed by atoms with Gasteiger partial charge in [0.25, 0.3) is 0 Å². The van der Waals surface area contributed by atoms with E-state index in [0.29, 0.717) is 23.7 Å². The first-order chi connectivity index (χ1) is 16.4. The van der Waals surface area contributed by atoms with E-state index in [1.54, 1.807) is 0 Å². The van der Waals surface area contributed by atoms with Crippen molar-refractivity contribution in [1.29, 1.82) is 0 Å². The molecular formula is C26H38N4O4. The number of carboxylic acid groups (broad SMARTS) is 1. The van der Waals surface area contributed by atoms with Crippen LogP contribution in [0.25, 0.3) is 0 Å². The van der Waals surface area contributed by atoms with Crippen molar-refractivity contribution in [2.24, 2.45) is 34.2 Å². The van der Waals surface area contributed by atoms with Crippen molar-refractivity contribution in [3.63, 3.8) is 0 Å². The van der Waals surface area contributed by atoms with Crippen LogP contribution in [0.1, 0.15) is 83.7 Å². The number of aliphatic carboxylic acids is 1. The smallest absolute Gasteiger partial charge is 0.344 e. The maximum Gasteiger partial charge on any atom is 0.344 e. The van der Waals surface area contributed by atoms with Crippen molar-refractivity contribution in [2.45, 2.75) is 90.2 Å². The van der Waals surface area contributed by atoms with Crippen LogP contribution < -0.4 is 0 Å². The van der Waals surface area contributed by atoms with Gasteiger partial charge in [-0.1, -0.05) is 36.2 Å². The van der Waals surface area contributed by atoms with E-state index in [1.807, 2.05) is 10.9 Å². The third kappa shape index (κ3) is 3.88. The molecule has 4 aliphatic rings. The average molecular weight is 471 g/mol. The minimum atomic E-state index is -1.00. The van der Waals surface area contributed by atoms with Crippen LogP contribution in [0.15, 0.2) is 23.0 Å². The Kier molecular flexibility index (Phi) is 6.29. The van der Waals surface area contributed by atoms with Gasteiger partial charge < -0.3 is 15.1 Å². The van der Waals surface area contributed by atoms with Crippen molar-refractivity contribution in [3.05, 3.63) is 23.5 Å². The lowest BCUT2D eigenvalue weighted by atomic mass is 9.50. The van der Waals surface area contributed by atoms with E-state index < -0.39 is 18.2 Å². The van der Waals surface area contributed by atoms with E-state index in [1.165, 1.54) is 5.57 Å². The van der Waals surface area contributed by atoms with E-state index in [4.69, 9.17) is 9.94 Å². The zero-order valence-electron chi connectivity index (χ0n) is 20.4. The van der Waals surface area contributed by atoms with Crippen LogP contribution in [-0.4, -0.2) is 43.5 Å². The molecule has 0 spiro atoms. The third-order valence-corrected chi connectivity index (χ3v) is 9.54. The SMILES string of the molecule is CCCCn1cc([C@]2(O)CCC3C4CCC5=C/C(=N\OCC(=O)O)CC[C@@H]5C4CC[C@@]32C)nn1. The number of allylic oxidation sites excluding steroid dienone is 2. The lowest BCUT2D eigenvalue weighted by Gasteiger charge is -2.55. The molecule has 0 amide bonds. The van der Waals surface area contributed by atoms with Crippen molar-refractivity contribution < 1.29 is 19.8 Å². The van der Waals surface area contributed by atoms with Gasteiger partial charge in [0, 0.05) is 12.0 Å². The van der Waals surface area contributed by atoms with Gasteiger partial charge in [0.15, 0.2) is 0 Å². The highest BCUT2D eigenvalue weighted by Crippen LogP contribution is 2.67. The summed E-state index contributed by atoms with van der Waals surface area (Å²) in [5.41, 5.74) is 2.04. The zero-order valence-corrected chi connectivity index (χ0v) is 20.4. The van der Waals surface area contributed by atoms with Gasteiger partial charge in [0.05, 0.1) is 11.9 Å². The topological polar surface area (TPSA) is 110 Å². The number of unbranched alkanes of at least 4 members (excludes halogenated alkanes) is 1. The molecule has 8 heteroatoms. The first-order valence-corrected chi connectivity index (χ1v) is 13.1. The minimum Gasteiger partial charge on any atom is -0.479 e. The molecule has 6 atom stereocenters. The second-order valence-electron chi connectivity index (χ2n) is 11.2. The molecule has 34 heavy (non-hydrogen) atoms. The van der Waals surface area contributed by atoms with Crippen molar-refractivity contribution in [3.8, 4) is 0 Å². The van der Waals surface area contributed by atoms with Gasteiger partial charge >= 0.3 is 5.97 Å². The van der Waals surface area contributed by atoms with Gasteiger partial charge in [-0.15, -0.1) is 5.10 Å². The van der Waals surface area contributed by atoms with Gasteiger partial charge in [-0.05, 0) is 87.5 Å². The second-order valence-corrected chi connectivity index (χ2v) is 11.2. The van der Waals surface area contributed by atoms with Crippen LogP contribution in [0, 0.1) is 29.1 Å². The number of rotatable bonds is 7. The molecule has 0 aliphatic heterocycles. The maximum absolute atomic E-state index is 12.0. The van der Waals surface area contributed by atoms with Gasteiger partial charge in [-0.25, -0.2) is 4.79 Å². The number of hydrogen-bond donors (Lipinski definition) is 2. The van der Waals surface area contributed by atoms with Crippen LogP contribution in [-0.2, 0) is 21.8 Å².